The second-order valence-electron chi connectivity index (χ2n) is 6.82. The third-order valence-corrected chi connectivity index (χ3v) is 4.78. The summed E-state index contributed by atoms with van der Waals surface area (Å²) in [5, 5.41) is 13.0. The molecule has 1 N–H and O–H groups in total. The van der Waals surface area contributed by atoms with Gasteiger partial charge in [0.15, 0.2) is 0 Å². The van der Waals surface area contributed by atoms with Gasteiger partial charge in [-0.05, 0) is 48.7 Å². The average Bonchev–Trinajstić information content (AvgIpc) is 2.76. The zero-order valence-corrected chi connectivity index (χ0v) is 17.0. The van der Waals surface area contributed by atoms with Crippen molar-refractivity contribution in [2.75, 3.05) is 11.9 Å². The Labute approximate surface area is 177 Å². The number of aromatic nitrogens is 1. The van der Waals surface area contributed by atoms with Crippen LogP contribution in [0, 0.1) is 11.3 Å². The highest BCUT2D eigenvalue weighted by molar-refractivity contribution is 6.06. The number of hydrogen-bond acceptors (Lipinski definition) is 5. The van der Waals surface area contributed by atoms with Gasteiger partial charge in [-0.2, -0.15) is 18.4 Å². The van der Waals surface area contributed by atoms with Crippen LogP contribution in [0.3, 0.4) is 0 Å². The van der Waals surface area contributed by atoms with Gasteiger partial charge in [0.2, 0.25) is 0 Å². The summed E-state index contributed by atoms with van der Waals surface area (Å²) in [5.74, 6) is -0.608. The maximum Gasteiger partial charge on any atom is 0.416 e. The highest BCUT2D eigenvalue weighted by Gasteiger charge is 2.30. The Hall–Kier alpha value is -3.60. The smallest absolute Gasteiger partial charge is 0.416 e. The number of benzene rings is 2. The molecule has 0 aliphatic rings. The number of nitrogens with one attached hydrogen (secondary N) is 1. The molecule has 0 fully saturated rings. The van der Waals surface area contributed by atoms with Crippen LogP contribution in [0.1, 0.15) is 46.5 Å². The summed E-state index contributed by atoms with van der Waals surface area (Å²) in [7, 11) is 0. The monoisotopic (exact) mass is 427 g/mol. The van der Waals surface area contributed by atoms with Crippen molar-refractivity contribution in [3.8, 4) is 6.07 Å². The van der Waals surface area contributed by atoms with E-state index in [2.05, 4.69) is 16.4 Å². The number of ether oxygens (including phenoxy) is 1. The number of aryl methyl sites for hydroxylation is 1. The number of pyridine rings is 1. The van der Waals surface area contributed by atoms with Crippen LogP contribution in [0.25, 0.3) is 10.9 Å². The Morgan fingerprint density at radius 1 is 1.23 bits per heavy atom. The molecular formula is C23H20F3N3O2. The maximum atomic E-state index is 13.0. The number of rotatable bonds is 6. The van der Waals surface area contributed by atoms with Gasteiger partial charge < -0.3 is 10.1 Å². The first kappa shape index (κ1) is 22.1. The molecule has 1 heterocycles. The van der Waals surface area contributed by atoms with Crippen molar-refractivity contribution in [1.82, 2.24) is 4.98 Å². The molecule has 0 atom stereocenters. The SMILES string of the molecule is CCOC(=O)c1cnc2c(CC)cc(C#N)cc2c1NCc1cccc(C(F)(F)F)c1. The van der Waals surface area contributed by atoms with Gasteiger partial charge in [-0.25, -0.2) is 4.79 Å². The van der Waals surface area contributed by atoms with Crippen LogP contribution in [-0.2, 0) is 23.9 Å². The Morgan fingerprint density at radius 3 is 2.65 bits per heavy atom. The highest BCUT2D eigenvalue weighted by atomic mass is 19.4. The summed E-state index contributed by atoms with van der Waals surface area (Å²) in [6, 6.07) is 10.4. The van der Waals surface area contributed by atoms with Gasteiger partial charge in [0.1, 0.15) is 5.56 Å². The van der Waals surface area contributed by atoms with Crippen LogP contribution >= 0.6 is 0 Å². The van der Waals surface area contributed by atoms with E-state index < -0.39 is 17.7 Å². The number of nitriles is 1. The molecule has 8 heteroatoms. The van der Waals surface area contributed by atoms with E-state index in [0.29, 0.717) is 34.1 Å². The molecule has 3 aromatic rings. The third kappa shape index (κ3) is 4.77. The number of nitrogens with zero attached hydrogens (tertiary/aromatic N) is 2. The molecule has 1 aromatic heterocycles. The second kappa shape index (κ2) is 9.04. The van der Waals surface area contributed by atoms with Crippen LogP contribution < -0.4 is 5.32 Å². The minimum atomic E-state index is -4.45. The van der Waals surface area contributed by atoms with Crippen molar-refractivity contribution in [3.63, 3.8) is 0 Å². The van der Waals surface area contributed by atoms with E-state index in [4.69, 9.17) is 4.74 Å². The number of hydrogen-bond donors (Lipinski definition) is 1. The van der Waals surface area contributed by atoms with Crippen molar-refractivity contribution in [2.24, 2.45) is 0 Å². The van der Waals surface area contributed by atoms with E-state index >= 15 is 0 Å². The van der Waals surface area contributed by atoms with Gasteiger partial charge in [-0.3, -0.25) is 4.98 Å². The number of carbonyl (C=O) groups excluding carboxylic acids is 1. The zero-order chi connectivity index (χ0) is 22.6. The molecule has 0 saturated heterocycles. The lowest BCUT2D eigenvalue weighted by molar-refractivity contribution is -0.137. The van der Waals surface area contributed by atoms with Crippen molar-refractivity contribution < 1.29 is 22.7 Å². The lowest BCUT2D eigenvalue weighted by Crippen LogP contribution is -2.12. The van der Waals surface area contributed by atoms with Gasteiger partial charge >= 0.3 is 12.1 Å². The number of esters is 1. The van der Waals surface area contributed by atoms with Crippen LogP contribution in [-0.4, -0.2) is 17.6 Å². The predicted molar refractivity (Wildman–Crippen MR) is 111 cm³/mol. The minimum absolute atomic E-state index is 0.0354. The molecule has 0 amide bonds. The quantitative estimate of drug-likeness (QED) is 0.528. The van der Waals surface area contributed by atoms with E-state index in [1.807, 2.05) is 6.92 Å². The first-order valence-corrected chi connectivity index (χ1v) is 9.71. The Balaban J connectivity index is 2.11. The summed E-state index contributed by atoms with van der Waals surface area (Å²) in [5.41, 5.74) is 1.99. The first-order chi connectivity index (χ1) is 14.8. The summed E-state index contributed by atoms with van der Waals surface area (Å²) in [6.07, 6.45) is -2.45. The maximum absolute atomic E-state index is 13.0. The van der Waals surface area contributed by atoms with Gasteiger partial charge in [0.05, 0.1) is 35.0 Å². The number of fused-ring (bicyclic) bond motifs is 1. The van der Waals surface area contributed by atoms with Crippen LogP contribution in [0.5, 0.6) is 0 Å². The lowest BCUT2D eigenvalue weighted by Gasteiger charge is -2.16. The third-order valence-electron chi connectivity index (χ3n) is 4.78. The van der Waals surface area contributed by atoms with E-state index in [-0.39, 0.29) is 18.7 Å². The second-order valence-corrected chi connectivity index (χ2v) is 6.82. The summed E-state index contributed by atoms with van der Waals surface area (Å²) in [6.45, 7) is 3.79. The first-order valence-electron chi connectivity index (χ1n) is 9.71. The standard InChI is InChI=1S/C23H20F3N3O2/c1-3-16-8-15(11-27)10-18-20(16)29-13-19(22(30)31-4-2)21(18)28-12-14-6-5-7-17(9-14)23(24,25)26/h5-10,13H,3-4,12H2,1-2H3,(H,28,29). The van der Waals surface area contributed by atoms with Crippen LogP contribution in [0.4, 0.5) is 18.9 Å². The van der Waals surface area contributed by atoms with E-state index in [9.17, 15) is 23.2 Å². The Kier molecular flexibility index (Phi) is 6.44. The molecule has 5 nitrogen and oxygen atoms in total. The predicted octanol–water partition coefficient (Wildman–Crippen LogP) is 5.48. The fourth-order valence-electron chi connectivity index (χ4n) is 3.31. The lowest BCUT2D eigenvalue weighted by atomic mass is 10.0. The number of halogens is 3. The largest absolute Gasteiger partial charge is 0.462 e. The number of anilines is 1. The molecule has 0 spiro atoms. The van der Waals surface area contributed by atoms with Gasteiger partial charge in [-0.15, -0.1) is 0 Å². The molecule has 160 valence electrons. The Morgan fingerprint density at radius 2 is 2.00 bits per heavy atom. The van der Waals surface area contributed by atoms with Crippen LogP contribution in [0.15, 0.2) is 42.6 Å². The molecular weight excluding hydrogens is 407 g/mol. The fraction of sp³-hybridized carbons (Fsp3) is 0.261. The summed E-state index contributed by atoms with van der Waals surface area (Å²) < 4.78 is 44.2. The van der Waals surface area contributed by atoms with E-state index in [1.165, 1.54) is 12.3 Å². The van der Waals surface area contributed by atoms with Crippen molar-refractivity contribution >= 4 is 22.6 Å². The van der Waals surface area contributed by atoms with Gasteiger partial charge in [0.25, 0.3) is 0 Å². The number of alkyl halides is 3. The molecule has 0 aliphatic heterocycles. The normalized spacial score (nSPS) is 11.2. The van der Waals surface area contributed by atoms with Crippen LogP contribution in [0.2, 0.25) is 0 Å². The van der Waals surface area contributed by atoms with Gasteiger partial charge in [-0.1, -0.05) is 19.1 Å². The molecule has 0 saturated carbocycles. The molecule has 0 bridgehead atoms. The fourth-order valence-corrected chi connectivity index (χ4v) is 3.31. The molecule has 0 radical (unpaired) electrons. The molecule has 0 aliphatic carbocycles. The minimum Gasteiger partial charge on any atom is -0.462 e. The molecule has 3 rings (SSSR count). The van der Waals surface area contributed by atoms with Crippen molar-refractivity contribution in [3.05, 3.63) is 70.4 Å². The zero-order valence-electron chi connectivity index (χ0n) is 17.0. The Bertz CT molecular complexity index is 1170. The van der Waals surface area contributed by atoms with Gasteiger partial charge in [0, 0.05) is 18.1 Å². The molecule has 2 aromatic carbocycles. The summed E-state index contributed by atoms with van der Waals surface area (Å²) >= 11 is 0. The van der Waals surface area contributed by atoms with Crippen molar-refractivity contribution in [2.45, 2.75) is 33.0 Å². The highest BCUT2D eigenvalue weighted by Crippen LogP contribution is 2.32. The van der Waals surface area contributed by atoms with E-state index in [1.54, 1.807) is 25.1 Å². The molecule has 31 heavy (non-hydrogen) atoms. The van der Waals surface area contributed by atoms with Crippen molar-refractivity contribution in [1.29, 1.82) is 5.26 Å². The number of carbonyl (C=O) groups is 1. The topological polar surface area (TPSA) is 75.0 Å². The average molecular weight is 427 g/mol. The van der Waals surface area contributed by atoms with E-state index in [0.717, 1.165) is 17.7 Å². The molecule has 0 unspecified atom stereocenters. The summed E-state index contributed by atoms with van der Waals surface area (Å²) in [4.78, 5) is 16.9.